The number of carbonyl (C=O) groups excluding carboxylic acids is 3. The molecule has 2 aromatic carbocycles. The summed E-state index contributed by atoms with van der Waals surface area (Å²) in [5.41, 5.74) is 3.88. The third-order valence-electron chi connectivity index (χ3n) is 11.7. The van der Waals surface area contributed by atoms with Crippen molar-refractivity contribution in [2.45, 2.75) is 127 Å². The second-order valence-corrected chi connectivity index (χ2v) is 22.4. The number of fused-ring (bicyclic) bond motifs is 4. The lowest BCUT2D eigenvalue weighted by atomic mass is 9.95. The molecule has 320 valence electrons. The Kier molecular flexibility index (Phi) is 16.9. The number of benzene rings is 2. The third-order valence-corrected chi connectivity index (χ3v) is 18.8. The van der Waals surface area contributed by atoms with Crippen molar-refractivity contribution in [2.75, 3.05) is 26.4 Å². The molecule has 2 aliphatic carbocycles. The molecule has 2 aliphatic heterocycles. The van der Waals surface area contributed by atoms with Crippen LogP contribution in [0.3, 0.4) is 0 Å². The summed E-state index contributed by atoms with van der Waals surface area (Å²) in [5.74, 6) is 1.59. The first kappa shape index (κ1) is 46.1. The van der Waals surface area contributed by atoms with Gasteiger partial charge in [-0.3, -0.25) is 4.79 Å². The number of rotatable bonds is 27. The highest BCUT2D eigenvalue weighted by Gasteiger charge is 2.59. The summed E-state index contributed by atoms with van der Waals surface area (Å²) in [4.78, 5) is 35.1. The molecule has 6 rings (SSSR count). The van der Waals surface area contributed by atoms with Gasteiger partial charge in [-0.25, -0.2) is 9.59 Å². The molecule has 2 fully saturated rings. The number of hydrogen-bond donors (Lipinski definition) is 0. The van der Waals surface area contributed by atoms with Crippen LogP contribution in [-0.2, 0) is 35.2 Å². The normalized spacial score (nSPS) is 27.4. The number of hydrogen-bond acceptors (Lipinski definition) is 11. The zero-order valence-electron chi connectivity index (χ0n) is 35.1. The molecule has 6 atom stereocenters. The van der Waals surface area contributed by atoms with Crippen LogP contribution in [0, 0.1) is 11.8 Å². The lowest BCUT2D eigenvalue weighted by molar-refractivity contribution is -0.140. The summed E-state index contributed by atoms with van der Waals surface area (Å²) in [6.07, 6.45) is 25.8. The van der Waals surface area contributed by atoms with E-state index in [1.54, 1.807) is 19.1 Å². The predicted molar refractivity (Wildman–Crippen MR) is 247 cm³/mol. The Balaban J connectivity index is 0.850. The van der Waals surface area contributed by atoms with Gasteiger partial charge in [-0.1, -0.05) is 119 Å². The van der Waals surface area contributed by atoms with Gasteiger partial charge in [0.1, 0.15) is 19.5 Å². The summed E-state index contributed by atoms with van der Waals surface area (Å²) in [5, 5.41) is 0. The van der Waals surface area contributed by atoms with Crippen LogP contribution in [0.15, 0.2) is 85.0 Å². The van der Waals surface area contributed by atoms with Crippen molar-refractivity contribution in [3.05, 3.63) is 107 Å². The average molecular weight is 879 g/mol. The van der Waals surface area contributed by atoms with Gasteiger partial charge in [0, 0.05) is 57.2 Å². The van der Waals surface area contributed by atoms with Gasteiger partial charge in [0.2, 0.25) is 0 Å². The summed E-state index contributed by atoms with van der Waals surface area (Å²) < 4.78 is 23.2. The first-order chi connectivity index (χ1) is 28.6. The van der Waals surface area contributed by atoms with Crippen LogP contribution >= 0.6 is 47.0 Å². The molecule has 0 radical (unpaired) electrons. The van der Waals surface area contributed by atoms with Gasteiger partial charge >= 0.3 is 11.9 Å². The molecule has 4 bridgehead atoms. The number of ether oxygens (including phenoxy) is 4. The van der Waals surface area contributed by atoms with Crippen LogP contribution in [0.1, 0.15) is 130 Å². The summed E-state index contributed by atoms with van der Waals surface area (Å²) in [6.45, 7) is 10.7. The van der Waals surface area contributed by atoms with Crippen molar-refractivity contribution in [1.82, 2.24) is 0 Å². The van der Waals surface area contributed by atoms with Crippen LogP contribution in [-0.4, -0.2) is 62.7 Å². The molecule has 2 saturated heterocycles. The molecule has 0 spiro atoms. The molecule has 0 N–H and O–H groups in total. The molecule has 11 heteroatoms. The molecular formula is C48H62O7S4. The number of thioether (sulfide) groups is 4. The molecule has 59 heavy (non-hydrogen) atoms. The fourth-order valence-corrected chi connectivity index (χ4v) is 16.2. The fraction of sp³-hybridized carbons (Fsp3) is 0.562. The highest BCUT2D eigenvalue weighted by molar-refractivity contribution is 8.19. The van der Waals surface area contributed by atoms with Crippen LogP contribution < -0.4 is 0 Å². The van der Waals surface area contributed by atoms with Gasteiger partial charge in [0.15, 0.2) is 8.53 Å². The largest absolute Gasteiger partial charge is 0.459 e. The van der Waals surface area contributed by atoms with E-state index in [0.29, 0.717) is 29.6 Å². The first-order valence-corrected chi connectivity index (χ1v) is 25.1. The van der Waals surface area contributed by atoms with E-state index in [1.807, 2.05) is 59.6 Å². The van der Waals surface area contributed by atoms with E-state index in [9.17, 15) is 14.4 Å². The van der Waals surface area contributed by atoms with Gasteiger partial charge in [0.05, 0.1) is 5.56 Å². The van der Waals surface area contributed by atoms with Crippen molar-refractivity contribution < 1.29 is 33.3 Å². The SMILES string of the molecule is C=C(C)C(=O)OCCOC(=O)c1ccc(CSC2(OCC)SC3(CCCCCCCCCCC45C=CC(C4)C(OCC)(SCc4ccc(C=O)cc4)S5)C=CC2C3)cc1. The second kappa shape index (κ2) is 21.6. The van der Waals surface area contributed by atoms with Crippen molar-refractivity contribution in [3.63, 3.8) is 0 Å². The standard InChI is InChI=1S/C48H62O7S4/c1-5-54-47(56-34-38-17-15-37(33-49)16-18-38)41-23-27-45(31-41,58-47)25-13-11-9-7-8-10-12-14-26-46-28-24-42(32-46)48(59-46,55-6-2)57-35-39-19-21-40(22-20-39)44(51)53-30-29-52-43(50)36(3)4/h15-24,27-28,33,41-42H,3,5-14,25-26,29-32,34-35H2,1-2,4H3. The minimum absolute atomic E-state index is 0.000678. The predicted octanol–water partition coefficient (Wildman–Crippen LogP) is 12.3. The van der Waals surface area contributed by atoms with E-state index in [0.717, 1.165) is 41.9 Å². The number of aldehydes is 1. The number of carbonyl (C=O) groups is 3. The van der Waals surface area contributed by atoms with E-state index in [-0.39, 0.29) is 31.2 Å². The molecule has 0 aromatic heterocycles. The van der Waals surface area contributed by atoms with E-state index in [4.69, 9.17) is 18.9 Å². The topological polar surface area (TPSA) is 88.1 Å². The fourth-order valence-electron chi connectivity index (χ4n) is 8.64. The van der Waals surface area contributed by atoms with Crippen LogP contribution in [0.5, 0.6) is 0 Å². The van der Waals surface area contributed by atoms with Gasteiger partial charge in [-0.2, -0.15) is 0 Å². The quantitative estimate of drug-likeness (QED) is 0.0215. The Labute approximate surface area is 369 Å². The Hall–Kier alpha value is -2.41. The van der Waals surface area contributed by atoms with Gasteiger partial charge in [0.25, 0.3) is 0 Å². The zero-order chi connectivity index (χ0) is 41.8. The molecule has 0 amide bonds. The van der Waals surface area contributed by atoms with Crippen LogP contribution in [0.2, 0.25) is 0 Å². The number of esters is 2. The Morgan fingerprint density at radius 1 is 0.712 bits per heavy atom. The van der Waals surface area contributed by atoms with Gasteiger partial charge in [-0.15, -0.1) is 47.0 Å². The van der Waals surface area contributed by atoms with Gasteiger partial charge in [-0.05, 0) is 69.7 Å². The molecular weight excluding hydrogens is 817 g/mol. The van der Waals surface area contributed by atoms with E-state index < -0.39 is 11.9 Å². The molecule has 6 unspecified atom stereocenters. The first-order valence-electron chi connectivity index (χ1n) is 21.5. The van der Waals surface area contributed by atoms with Gasteiger partial charge < -0.3 is 18.9 Å². The molecule has 2 aromatic rings. The minimum atomic E-state index is -0.492. The van der Waals surface area contributed by atoms with E-state index in [2.05, 4.69) is 68.6 Å². The van der Waals surface area contributed by atoms with Crippen molar-refractivity contribution in [2.24, 2.45) is 11.8 Å². The van der Waals surface area contributed by atoms with Crippen LogP contribution in [0.25, 0.3) is 0 Å². The maximum Gasteiger partial charge on any atom is 0.338 e. The van der Waals surface area contributed by atoms with E-state index in [1.165, 1.54) is 76.2 Å². The van der Waals surface area contributed by atoms with Crippen molar-refractivity contribution in [1.29, 1.82) is 0 Å². The summed E-state index contributed by atoms with van der Waals surface area (Å²) in [7, 11) is 0. The molecule has 0 saturated carbocycles. The maximum absolute atomic E-state index is 12.5. The zero-order valence-corrected chi connectivity index (χ0v) is 38.4. The molecule has 7 nitrogen and oxygen atoms in total. The Bertz CT molecular complexity index is 1800. The molecule has 4 aliphatic rings. The lowest BCUT2D eigenvalue weighted by Crippen LogP contribution is -2.31. The van der Waals surface area contributed by atoms with Crippen molar-refractivity contribution in [3.8, 4) is 0 Å². The Morgan fingerprint density at radius 2 is 1.17 bits per heavy atom. The summed E-state index contributed by atoms with van der Waals surface area (Å²) in [6, 6.07) is 15.5. The lowest BCUT2D eigenvalue weighted by Gasteiger charge is -2.36. The van der Waals surface area contributed by atoms with Crippen LogP contribution in [0.4, 0.5) is 0 Å². The Morgan fingerprint density at radius 3 is 1.63 bits per heavy atom. The third kappa shape index (κ3) is 11.9. The second-order valence-electron chi connectivity index (χ2n) is 16.3. The average Bonchev–Trinajstić information content (AvgIpc) is 4.01. The minimum Gasteiger partial charge on any atom is -0.459 e. The highest BCUT2D eigenvalue weighted by atomic mass is 32.2. The van der Waals surface area contributed by atoms with Crippen molar-refractivity contribution >= 4 is 65.3 Å². The molecule has 2 heterocycles. The monoisotopic (exact) mass is 878 g/mol. The highest BCUT2D eigenvalue weighted by Crippen LogP contribution is 2.67. The number of unbranched alkanes of at least 4 members (excludes halogenated alkanes) is 7. The maximum atomic E-state index is 12.5. The van der Waals surface area contributed by atoms with E-state index >= 15 is 0 Å². The smallest absolute Gasteiger partial charge is 0.338 e. The summed E-state index contributed by atoms with van der Waals surface area (Å²) >= 11 is 7.90.